The summed E-state index contributed by atoms with van der Waals surface area (Å²) < 4.78 is 5.25. The first-order valence-electron chi connectivity index (χ1n) is 8.32. The zero-order valence-electron chi connectivity index (χ0n) is 14.8. The Labute approximate surface area is 161 Å². The predicted molar refractivity (Wildman–Crippen MR) is 104 cm³/mol. The van der Waals surface area contributed by atoms with E-state index in [0.29, 0.717) is 22.1 Å². The van der Waals surface area contributed by atoms with Gasteiger partial charge < -0.3 is 15.0 Å². The number of amides is 1. The number of imidazole rings is 1. The molecule has 0 bridgehead atoms. The zero-order valence-corrected chi connectivity index (χ0v) is 15.6. The van der Waals surface area contributed by atoms with E-state index in [2.05, 4.69) is 15.3 Å². The molecule has 2 N–H and O–H groups in total. The molecule has 0 aliphatic rings. The number of aryl methyl sites for hydroxylation is 1. The number of hydrogen-bond acceptors (Lipinski definition) is 4. The minimum Gasteiger partial charge on any atom is -0.449 e. The maximum absolute atomic E-state index is 12.3. The van der Waals surface area contributed by atoms with E-state index in [-0.39, 0.29) is 0 Å². The van der Waals surface area contributed by atoms with Crippen LogP contribution in [-0.4, -0.2) is 27.9 Å². The lowest BCUT2D eigenvalue weighted by molar-refractivity contribution is -0.123. The molecule has 0 aliphatic heterocycles. The fourth-order valence-electron chi connectivity index (χ4n) is 2.38. The van der Waals surface area contributed by atoms with Gasteiger partial charge in [-0.2, -0.15) is 0 Å². The van der Waals surface area contributed by atoms with E-state index in [1.807, 2.05) is 6.92 Å². The summed E-state index contributed by atoms with van der Waals surface area (Å²) in [4.78, 5) is 31.6. The van der Waals surface area contributed by atoms with Crippen molar-refractivity contribution in [2.45, 2.75) is 20.0 Å². The summed E-state index contributed by atoms with van der Waals surface area (Å²) in [5.74, 6) is -0.305. The summed E-state index contributed by atoms with van der Waals surface area (Å²) in [6, 6.07) is 12.0. The number of carbonyl (C=O) groups is 2. The zero-order chi connectivity index (χ0) is 19.4. The molecular formula is C20H18ClN3O3. The molecular weight excluding hydrogens is 366 g/mol. The Morgan fingerprint density at radius 2 is 1.93 bits per heavy atom. The van der Waals surface area contributed by atoms with Crippen LogP contribution in [0.15, 0.2) is 54.9 Å². The van der Waals surface area contributed by atoms with Gasteiger partial charge in [-0.15, -0.1) is 0 Å². The van der Waals surface area contributed by atoms with Gasteiger partial charge in [0.1, 0.15) is 5.82 Å². The number of esters is 1. The average molecular weight is 384 g/mol. The van der Waals surface area contributed by atoms with Crippen molar-refractivity contribution < 1.29 is 14.3 Å². The third kappa shape index (κ3) is 4.54. The molecule has 1 atom stereocenters. The van der Waals surface area contributed by atoms with Gasteiger partial charge in [0.2, 0.25) is 0 Å². The molecule has 0 radical (unpaired) electrons. The minimum atomic E-state index is -0.956. The first kappa shape index (κ1) is 18.7. The number of nitrogens with one attached hydrogen (secondary N) is 2. The standard InChI is InChI=1S/C20H18ClN3O3/c1-12-3-8-16(11-17(12)21)24-19(25)13(2)27-20(26)15-6-4-14(5-7-15)18-22-9-10-23-18/h3-11,13H,1-2H3,(H,22,23)(H,24,25). The smallest absolute Gasteiger partial charge is 0.338 e. The number of hydrogen-bond donors (Lipinski definition) is 2. The minimum absolute atomic E-state index is 0.350. The monoisotopic (exact) mass is 383 g/mol. The molecule has 0 spiro atoms. The fourth-order valence-corrected chi connectivity index (χ4v) is 2.56. The van der Waals surface area contributed by atoms with Crippen LogP contribution >= 0.6 is 11.6 Å². The topological polar surface area (TPSA) is 84.1 Å². The Hall–Kier alpha value is -3.12. The summed E-state index contributed by atoms with van der Waals surface area (Å²) in [6.07, 6.45) is 2.42. The van der Waals surface area contributed by atoms with Gasteiger partial charge in [-0.05, 0) is 43.7 Å². The second kappa shape index (κ2) is 8.05. The number of nitrogens with zero attached hydrogens (tertiary/aromatic N) is 1. The number of H-pyrrole nitrogens is 1. The van der Waals surface area contributed by atoms with Gasteiger partial charge in [0.25, 0.3) is 5.91 Å². The first-order valence-corrected chi connectivity index (χ1v) is 8.69. The molecule has 2 aromatic carbocycles. The number of rotatable bonds is 5. The number of aromatic nitrogens is 2. The van der Waals surface area contributed by atoms with Gasteiger partial charge in [-0.25, -0.2) is 9.78 Å². The number of aromatic amines is 1. The van der Waals surface area contributed by atoms with Crippen LogP contribution in [-0.2, 0) is 9.53 Å². The predicted octanol–water partition coefficient (Wildman–Crippen LogP) is 4.22. The quantitative estimate of drug-likeness (QED) is 0.646. The van der Waals surface area contributed by atoms with Crippen LogP contribution in [0.3, 0.4) is 0 Å². The van der Waals surface area contributed by atoms with Crippen molar-refractivity contribution in [3.05, 3.63) is 71.0 Å². The molecule has 1 heterocycles. The summed E-state index contributed by atoms with van der Waals surface area (Å²) in [5, 5.41) is 3.23. The van der Waals surface area contributed by atoms with Crippen LogP contribution < -0.4 is 5.32 Å². The van der Waals surface area contributed by atoms with E-state index in [9.17, 15) is 9.59 Å². The number of halogens is 1. The number of ether oxygens (including phenoxy) is 1. The average Bonchev–Trinajstić information content (AvgIpc) is 3.19. The van der Waals surface area contributed by atoms with Gasteiger partial charge in [-0.3, -0.25) is 4.79 Å². The van der Waals surface area contributed by atoms with Gasteiger partial charge in [0.15, 0.2) is 6.10 Å². The maximum atomic E-state index is 12.3. The Balaban J connectivity index is 1.61. The van der Waals surface area contributed by atoms with Crippen molar-refractivity contribution >= 4 is 29.2 Å². The molecule has 138 valence electrons. The molecule has 6 nitrogen and oxygen atoms in total. The molecule has 0 saturated heterocycles. The van der Waals surface area contributed by atoms with Crippen LogP contribution in [0.4, 0.5) is 5.69 Å². The number of benzene rings is 2. The molecule has 0 saturated carbocycles. The van der Waals surface area contributed by atoms with Crippen LogP contribution in [0, 0.1) is 6.92 Å². The van der Waals surface area contributed by atoms with Crippen molar-refractivity contribution in [1.82, 2.24) is 9.97 Å². The Morgan fingerprint density at radius 3 is 2.56 bits per heavy atom. The summed E-state index contributed by atoms with van der Waals surface area (Å²) >= 11 is 6.05. The highest BCUT2D eigenvalue weighted by molar-refractivity contribution is 6.31. The lowest BCUT2D eigenvalue weighted by atomic mass is 10.1. The number of carbonyl (C=O) groups excluding carboxylic acids is 2. The van der Waals surface area contributed by atoms with Crippen molar-refractivity contribution in [3.63, 3.8) is 0 Å². The Bertz CT molecular complexity index is 953. The third-order valence-corrected chi connectivity index (χ3v) is 4.39. The summed E-state index contributed by atoms with van der Waals surface area (Å²) in [5.41, 5.74) is 2.65. The van der Waals surface area contributed by atoms with Crippen molar-refractivity contribution in [2.75, 3.05) is 5.32 Å². The number of anilines is 1. The van der Waals surface area contributed by atoms with E-state index in [4.69, 9.17) is 16.3 Å². The van der Waals surface area contributed by atoms with E-state index >= 15 is 0 Å². The van der Waals surface area contributed by atoms with Crippen molar-refractivity contribution in [2.24, 2.45) is 0 Å². The van der Waals surface area contributed by atoms with E-state index < -0.39 is 18.0 Å². The summed E-state index contributed by atoms with van der Waals surface area (Å²) in [7, 11) is 0. The SMILES string of the molecule is Cc1ccc(NC(=O)C(C)OC(=O)c2ccc(-c3ncc[nH]3)cc2)cc1Cl. The van der Waals surface area contributed by atoms with Crippen LogP contribution in [0.2, 0.25) is 5.02 Å². The largest absolute Gasteiger partial charge is 0.449 e. The van der Waals surface area contributed by atoms with E-state index in [0.717, 1.165) is 11.1 Å². The molecule has 7 heteroatoms. The van der Waals surface area contributed by atoms with Crippen LogP contribution in [0.1, 0.15) is 22.8 Å². The lowest BCUT2D eigenvalue weighted by Crippen LogP contribution is -2.30. The second-order valence-corrected chi connectivity index (χ2v) is 6.42. The van der Waals surface area contributed by atoms with Gasteiger partial charge in [-0.1, -0.05) is 29.8 Å². The van der Waals surface area contributed by atoms with E-state index in [1.165, 1.54) is 6.92 Å². The van der Waals surface area contributed by atoms with Crippen molar-refractivity contribution in [1.29, 1.82) is 0 Å². The maximum Gasteiger partial charge on any atom is 0.338 e. The van der Waals surface area contributed by atoms with E-state index in [1.54, 1.807) is 54.9 Å². The first-order chi connectivity index (χ1) is 12.9. The third-order valence-electron chi connectivity index (χ3n) is 3.98. The molecule has 1 aromatic heterocycles. The van der Waals surface area contributed by atoms with Gasteiger partial charge in [0.05, 0.1) is 5.56 Å². The normalized spacial score (nSPS) is 11.7. The molecule has 1 unspecified atom stereocenters. The fraction of sp³-hybridized carbons (Fsp3) is 0.150. The van der Waals surface area contributed by atoms with Gasteiger partial charge in [0, 0.05) is 28.7 Å². The highest BCUT2D eigenvalue weighted by Crippen LogP contribution is 2.20. The van der Waals surface area contributed by atoms with Crippen LogP contribution in [0.25, 0.3) is 11.4 Å². The highest BCUT2D eigenvalue weighted by Gasteiger charge is 2.19. The molecule has 3 rings (SSSR count). The molecule has 3 aromatic rings. The highest BCUT2D eigenvalue weighted by atomic mass is 35.5. The molecule has 1 amide bonds. The Morgan fingerprint density at radius 1 is 1.19 bits per heavy atom. The van der Waals surface area contributed by atoms with Crippen LogP contribution in [0.5, 0.6) is 0 Å². The second-order valence-electron chi connectivity index (χ2n) is 6.02. The Kier molecular flexibility index (Phi) is 5.57. The molecule has 0 fully saturated rings. The van der Waals surface area contributed by atoms with Crippen molar-refractivity contribution in [3.8, 4) is 11.4 Å². The van der Waals surface area contributed by atoms with Gasteiger partial charge >= 0.3 is 5.97 Å². The lowest BCUT2D eigenvalue weighted by Gasteiger charge is -2.14. The molecule has 27 heavy (non-hydrogen) atoms. The summed E-state index contributed by atoms with van der Waals surface area (Å²) in [6.45, 7) is 3.38. The molecule has 0 aliphatic carbocycles.